The van der Waals surface area contributed by atoms with Gasteiger partial charge in [0.15, 0.2) is 5.96 Å². The molecule has 0 spiro atoms. The van der Waals surface area contributed by atoms with Gasteiger partial charge in [0.05, 0.1) is 6.54 Å². The van der Waals surface area contributed by atoms with Crippen molar-refractivity contribution in [2.45, 2.75) is 25.8 Å². The highest BCUT2D eigenvalue weighted by Crippen LogP contribution is 2.25. The number of nitrogens with one attached hydrogen (secondary N) is 1. The molecule has 1 N–H and O–H groups in total. The van der Waals surface area contributed by atoms with E-state index in [1.165, 1.54) is 25.0 Å². The van der Waals surface area contributed by atoms with Gasteiger partial charge >= 0.3 is 0 Å². The first-order valence-corrected chi connectivity index (χ1v) is 7.62. The molecule has 0 radical (unpaired) electrons. The van der Waals surface area contributed by atoms with Crippen LogP contribution in [0.15, 0.2) is 21.7 Å². The molecule has 0 amide bonds. The smallest absolute Gasteiger partial charge is 0.193 e. The Morgan fingerprint density at radius 3 is 2.79 bits per heavy atom. The molecular formula is C14H23BrN4. The summed E-state index contributed by atoms with van der Waals surface area (Å²) in [6, 6.07) is 2.15. The number of hydrogen-bond donors (Lipinski definition) is 1. The summed E-state index contributed by atoms with van der Waals surface area (Å²) in [5.74, 6) is 1.82. The molecule has 4 nitrogen and oxygen atoms in total. The molecule has 0 atom stereocenters. The monoisotopic (exact) mass is 326 g/mol. The number of nitrogens with zero attached hydrogens (tertiary/aromatic N) is 3. The molecule has 0 unspecified atom stereocenters. The zero-order valence-electron chi connectivity index (χ0n) is 12.0. The summed E-state index contributed by atoms with van der Waals surface area (Å²) in [5, 5.41) is 3.47. The van der Waals surface area contributed by atoms with E-state index in [9.17, 15) is 0 Å². The molecule has 106 valence electrons. The molecule has 19 heavy (non-hydrogen) atoms. The number of rotatable bonds is 4. The van der Waals surface area contributed by atoms with Crippen LogP contribution in [0.4, 0.5) is 0 Å². The SMILES string of the molecule is CN=C(NCC1CCC1)N(C)Cc1cc(Br)cn1C. The Morgan fingerprint density at radius 2 is 2.32 bits per heavy atom. The Balaban J connectivity index is 1.88. The van der Waals surface area contributed by atoms with Gasteiger partial charge in [0, 0.05) is 44.1 Å². The van der Waals surface area contributed by atoms with Crippen LogP contribution in [0.25, 0.3) is 0 Å². The molecule has 1 heterocycles. The van der Waals surface area contributed by atoms with Crippen molar-refractivity contribution in [2.75, 3.05) is 20.6 Å². The minimum Gasteiger partial charge on any atom is -0.356 e. The third-order valence-electron chi connectivity index (χ3n) is 3.82. The average Bonchev–Trinajstić information content (AvgIpc) is 2.61. The first-order valence-electron chi connectivity index (χ1n) is 6.82. The molecule has 0 aromatic carbocycles. The fraction of sp³-hybridized carbons (Fsp3) is 0.643. The molecular weight excluding hydrogens is 304 g/mol. The second-order valence-corrected chi connectivity index (χ2v) is 6.26. The van der Waals surface area contributed by atoms with E-state index >= 15 is 0 Å². The molecule has 5 heteroatoms. The van der Waals surface area contributed by atoms with Gasteiger partial charge in [-0.3, -0.25) is 4.99 Å². The second-order valence-electron chi connectivity index (χ2n) is 5.34. The molecule has 1 aromatic rings. The maximum absolute atomic E-state index is 4.36. The molecule has 1 aromatic heterocycles. The van der Waals surface area contributed by atoms with Crippen LogP contribution in [0.2, 0.25) is 0 Å². The third kappa shape index (κ3) is 3.75. The molecule has 1 fully saturated rings. The van der Waals surface area contributed by atoms with Gasteiger partial charge in [-0.05, 0) is 40.8 Å². The van der Waals surface area contributed by atoms with Crippen LogP contribution in [0.3, 0.4) is 0 Å². The maximum atomic E-state index is 4.36. The predicted octanol–water partition coefficient (Wildman–Crippen LogP) is 2.59. The minimum absolute atomic E-state index is 0.842. The first-order chi connectivity index (χ1) is 9.10. The van der Waals surface area contributed by atoms with E-state index < -0.39 is 0 Å². The molecule has 1 aliphatic carbocycles. The summed E-state index contributed by atoms with van der Waals surface area (Å²) in [4.78, 5) is 6.53. The molecule has 0 aliphatic heterocycles. The summed E-state index contributed by atoms with van der Waals surface area (Å²) in [6.45, 7) is 1.90. The van der Waals surface area contributed by atoms with Gasteiger partial charge in [-0.2, -0.15) is 0 Å². The topological polar surface area (TPSA) is 32.6 Å². The molecule has 1 aliphatic rings. The molecule has 0 saturated heterocycles. The van der Waals surface area contributed by atoms with Gasteiger partial charge < -0.3 is 14.8 Å². The molecule has 1 saturated carbocycles. The van der Waals surface area contributed by atoms with E-state index in [0.717, 1.165) is 29.4 Å². The highest BCUT2D eigenvalue weighted by Gasteiger charge is 2.18. The first kappa shape index (κ1) is 14.4. The summed E-state index contributed by atoms with van der Waals surface area (Å²) >= 11 is 3.51. The van der Waals surface area contributed by atoms with E-state index in [4.69, 9.17) is 0 Å². The minimum atomic E-state index is 0.842. The largest absolute Gasteiger partial charge is 0.356 e. The number of guanidine groups is 1. The average molecular weight is 327 g/mol. The predicted molar refractivity (Wildman–Crippen MR) is 83.3 cm³/mol. The van der Waals surface area contributed by atoms with Crippen LogP contribution in [-0.4, -0.2) is 36.1 Å². The third-order valence-corrected chi connectivity index (χ3v) is 4.25. The van der Waals surface area contributed by atoms with Crippen LogP contribution >= 0.6 is 15.9 Å². The van der Waals surface area contributed by atoms with Crippen molar-refractivity contribution in [2.24, 2.45) is 18.0 Å². The Hall–Kier alpha value is -0.970. The fourth-order valence-electron chi connectivity index (χ4n) is 2.36. The van der Waals surface area contributed by atoms with E-state index in [1.807, 2.05) is 7.05 Å². The number of hydrogen-bond acceptors (Lipinski definition) is 1. The summed E-state index contributed by atoms with van der Waals surface area (Å²) in [5.41, 5.74) is 1.26. The van der Waals surface area contributed by atoms with Crippen LogP contribution in [0.5, 0.6) is 0 Å². The van der Waals surface area contributed by atoms with Crippen LogP contribution in [0, 0.1) is 5.92 Å². The Morgan fingerprint density at radius 1 is 1.58 bits per heavy atom. The number of aliphatic imine (C=N–C) groups is 1. The van der Waals surface area contributed by atoms with E-state index in [1.54, 1.807) is 0 Å². The van der Waals surface area contributed by atoms with Gasteiger partial charge in [0.25, 0.3) is 0 Å². The summed E-state index contributed by atoms with van der Waals surface area (Å²) in [7, 11) is 6.00. The van der Waals surface area contributed by atoms with Crippen LogP contribution < -0.4 is 5.32 Å². The highest BCUT2D eigenvalue weighted by molar-refractivity contribution is 9.10. The molecule has 2 rings (SSSR count). The lowest BCUT2D eigenvalue weighted by Gasteiger charge is -2.28. The lowest BCUT2D eigenvalue weighted by atomic mass is 9.85. The van der Waals surface area contributed by atoms with Crippen molar-refractivity contribution < 1.29 is 0 Å². The number of aromatic nitrogens is 1. The van der Waals surface area contributed by atoms with Crippen molar-refractivity contribution in [3.8, 4) is 0 Å². The number of halogens is 1. The van der Waals surface area contributed by atoms with Crippen LogP contribution in [0.1, 0.15) is 25.0 Å². The standard InChI is InChI=1S/C14H23BrN4/c1-16-14(17-8-11-5-4-6-11)19(3)10-13-7-12(15)9-18(13)2/h7,9,11H,4-6,8,10H2,1-3H3,(H,16,17). The van der Waals surface area contributed by atoms with Crippen molar-refractivity contribution in [3.05, 3.63) is 22.4 Å². The maximum Gasteiger partial charge on any atom is 0.193 e. The molecule has 0 bridgehead atoms. The van der Waals surface area contributed by atoms with Crippen LogP contribution in [-0.2, 0) is 13.6 Å². The lowest BCUT2D eigenvalue weighted by Crippen LogP contribution is -2.41. The van der Waals surface area contributed by atoms with Crippen molar-refractivity contribution in [3.63, 3.8) is 0 Å². The van der Waals surface area contributed by atoms with E-state index in [0.29, 0.717) is 0 Å². The van der Waals surface area contributed by atoms with Crippen molar-refractivity contribution >= 4 is 21.9 Å². The van der Waals surface area contributed by atoms with Gasteiger partial charge in [-0.25, -0.2) is 0 Å². The zero-order valence-corrected chi connectivity index (χ0v) is 13.6. The quantitative estimate of drug-likeness (QED) is 0.681. The van der Waals surface area contributed by atoms with Gasteiger partial charge in [-0.1, -0.05) is 6.42 Å². The Kier molecular flexibility index (Phi) is 4.91. The zero-order chi connectivity index (χ0) is 13.8. The summed E-state index contributed by atoms with van der Waals surface area (Å²) in [6.07, 6.45) is 6.18. The normalized spacial score (nSPS) is 16.3. The Bertz CT molecular complexity index is 448. The van der Waals surface area contributed by atoms with Gasteiger partial charge in [-0.15, -0.1) is 0 Å². The van der Waals surface area contributed by atoms with Gasteiger partial charge in [0.2, 0.25) is 0 Å². The van der Waals surface area contributed by atoms with Gasteiger partial charge in [0.1, 0.15) is 0 Å². The fourth-order valence-corrected chi connectivity index (χ4v) is 2.93. The number of aryl methyl sites for hydroxylation is 1. The van der Waals surface area contributed by atoms with E-state index in [2.05, 4.69) is 62.1 Å². The van der Waals surface area contributed by atoms with Crippen molar-refractivity contribution in [1.29, 1.82) is 0 Å². The second kappa shape index (κ2) is 6.46. The van der Waals surface area contributed by atoms with E-state index in [-0.39, 0.29) is 0 Å². The lowest BCUT2D eigenvalue weighted by molar-refractivity contribution is 0.310. The Labute approximate surface area is 124 Å². The highest BCUT2D eigenvalue weighted by atomic mass is 79.9. The summed E-state index contributed by atoms with van der Waals surface area (Å²) < 4.78 is 3.26. The van der Waals surface area contributed by atoms with Crippen molar-refractivity contribution in [1.82, 2.24) is 14.8 Å².